The molecule has 6 nitrogen and oxygen atoms in total. The van der Waals surface area contributed by atoms with Gasteiger partial charge in [0.15, 0.2) is 0 Å². The molecule has 0 saturated carbocycles. The lowest BCUT2D eigenvalue weighted by Crippen LogP contribution is -2.48. The summed E-state index contributed by atoms with van der Waals surface area (Å²) in [7, 11) is 0. The molecule has 2 amide bonds. The Labute approximate surface area is 132 Å². The number of rotatable bonds is 7. The number of hydrogen-bond acceptors (Lipinski definition) is 3. The predicted molar refractivity (Wildman–Crippen MR) is 85.8 cm³/mol. The van der Waals surface area contributed by atoms with Crippen molar-refractivity contribution in [1.29, 1.82) is 0 Å². The second-order valence-corrected chi connectivity index (χ2v) is 5.83. The average molecular weight is 308 g/mol. The van der Waals surface area contributed by atoms with Crippen molar-refractivity contribution in [3.63, 3.8) is 0 Å². The van der Waals surface area contributed by atoms with Gasteiger partial charge in [0.2, 0.25) is 0 Å². The highest BCUT2D eigenvalue weighted by molar-refractivity contribution is 5.74. The number of urea groups is 1. The number of aryl methyl sites for hydroxylation is 2. The molecule has 1 saturated heterocycles. The van der Waals surface area contributed by atoms with Crippen molar-refractivity contribution in [1.82, 2.24) is 19.8 Å². The molecule has 0 unspecified atom stereocenters. The molecule has 1 aromatic rings. The molecule has 1 aliphatic heterocycles. The molecule has 0 aliphatic carbocycles. The van der Waals surface area contributed by atoms with Crippen LogP contribution in [0.5, 0.6) is 0 Å². The first-order valence-corrected chi connectivity index (χ1v) is 8.32. The summed E-state index contributed by atoms with van der Waals surface area (Å²) >= 11 is 0. The highest BCUT2D eigenvalue weighted by atomic mass is 16.5. The van der Waals surface area contributed by atoms with Crippen molar-refractivity contribution in [3.05, 3.63) is 18.2 Å². The third-order valence-corrected chi connectivity index (χ3v) is 4.00. The average Bonchev–Trinajstić information content (AvgIpc) is 2.95. The quantitative estimate of drug-likeness (QED) is 0.786. The first-order valence-electron chi connectivity index (χ1n) is 8.32. The maximum Gasteiger partial charge on any atom is 0.317 e. The van der Waals surface area contributed by atoms with Crippen LogP contribution in [0.25, 0.3) is 0 Å². The van der Waals surface area contributed by atoms with Gasteiger partial charge >= 0.3 is 6.03 Å². The van der Waals surface area contributed by atoms with Crippen LogP contribution in [0.3, 0.4) is 0 Å². The van der Waals surface area contributed by atoms with Crippen LogP contribution in [0.1, 0.15) is 38.4 Å². The number of likely N-dealkylation sites (tertiary alicyclic amines) is 1. The van der Waals surface area contributed by atoms with Crippen molar-refractivity contribution in [3.8, 4) is 0 Å². The molecule has 1 fully saturated rings. The Bertz CT molecular complexity index is 461. The molecule has 2 rings (SSSR count). The molecule has 1 N–H and O–H groups in total. The van der Waals surface area contributed by atoms with Gasteiger partial charge in [0.05, 0.1) is 6.10 Å². The summed E-state index contributed by atoms with van der Waals surface area (Å²) in [6.45, 7) is 8.00. The highest BCUT2D eigenvalue weighted by Crippen LogP contribution is 2.13. The van der Waals surface area contributed by atoms with E-state index in [9.17, 15) is 4.79 Å². The van der Waals surface area contributed by atoms with Gasteiger partial charge in [0.25, 0.3) is 0 Å². The molecule has 1 aromatic heterocycles. The largest absolute Gasteiger partial charge is 0.376 e. The molecule has 22 heavy (non-hydrogen) atoms. The van der Waals surface area contributed by atoms with E-state index in [0.29, 0.717) is 13.1 Å². The SMILES string of the molecule is CCCO[C@H]1CCCN(C(=O)NCCCn2ccnc2C)C1. The van der Waals surface area contributed by atoms with Gasteiger partial charge in [-0.1, -0.05) is 6.92 Å². The van der Waals surface area contributed by atoms with Crippen LogP contribution in [-0.2, 0) is 11.3 Å². The zero-order chi connectivity index (χ0) is 15.8. The number of hydrogen-bond donors (Lipinski definition) is 1. The number of carbonyl (C=O) groups is 1. The summed E-state index contributed by atoms with van der Waals surface area (Å²) in [5, 5.41) is 3.01. The fraction of sp³-hybridized carbons (Fsp3) is 0.750. The molecule has 0 bridgehead atoms. The van der Waals surface area contributed by atoms with Crippen molar-refractivity contribution in [2.75, 3.05) is 26.2 Å². The van der Waals surface area contributed by atoms with E-state index in [1.807, 2.05) is 18.0 Å². The number of amides is 2. The highest BCUT2D eigenvalue weighted by Gasteiger charge is 2.23. The molecular formula is C16H28N4O2. The Morgan fingerprint density at radius 1 is 1.55 bits per heavy atom. The Morgan fingerprint density at radius 3 is 3.14 bits per heavy atom. The molecule has 0 aromatic carbocycles. The number of aromatic nitrogens is 2. The summed E-state index contributed by atoms with van der Waals surface area (Å²) < 4.78 is 7.87. The van der Waals surface area contributed by atoms with Crippen molar-refractivity contribution >= 4 is 6.03 Å². The van der Waals surface area contributed by atoms with Gasteiger partial charge in [-0.05, 0) is 32.6 Å². The molecule has 1 atom stereocenters. The number of imidazole rings is 1. The van der Waals surface area contributed by atoms with E-state index in [2.05, 4.69) is 21.8 Å². The van der Waals surface area contributed by atoms with Crippen LogP contribution in [0.15, 0.2) is 12.4 Å². The summed E-state index contributed by atoms with van der Waals surface area (Å²) in [5.74, 6) is 1.01. The smallest absolute Gasteiger partial charge is 0.317 e. The summed E-state index contributed by atoms with van der Waals surface area (Å²) in [6.07, 6.45) is 7.99. The second kappa shape index (κ2) is 8.78. The van der Waals surface area contributed by atoms with Crippen molar-refractivity contribution in [2.24, 2.45) is 0 Å². The van der Waals surface area contributed by atoms with E-state index in [4.69, 9.17) is 4.74 Å². The van der Waals surface area contributed by atoms with E-state index < -0.39 is 0 Å². The van der Waals surface area contributed by atoms with E-state index >= 15 is 0 Å². The minimum Gasteiger partial charge on any atom is -0.376 e. The minimum atomic E-state index is 0.0344. The molecule has 1 aliphatic rings. The minimum absolute atomic E-state index is 0.0344. The van der Waals surface area contributed by atoms with Gasteiger partial charge in [-0.3, -0.25) is 0 Å². The lowest BCUT2D eigenvalue weighted by atomic mass is 10.1. The van der Waals surface area contributed by atoms with Crippen LogP contribution in [0.2, 0.25) is 0 Å². The van der Waals surface area contributed by atoms with Crippen molar-refractivity contribution in [2.45, 2.75) is 52.2 Å². The van der Waals surface area contributed by atoms with E-state index in [1.54, 1.807) is 6.20 Å². The van der Waals surface area contributed by atoms with Gasteiger partial charge in [-0.2, -0.15) is 0 Å². The fourth-order valence-electron chi connectivity index (χ4n) is 2.74. The van der Waals surface area contributed by atoms with Crippen LogP contribution in [0, 0.1) is 6.92 Å². The summed E-state index contributed by atoms with van der Waals surface area (Å²) in [5.41, 5.74) is 0. The number of piperidine rings is 1. The predicted octanol–water partition coefficient (Wildman–Crippen LogP) is 2.18. The molecule has 0 radical (unpaired) electrons. The summed E-state index contributed by atoms with van der Waals surface area (Å²) in [4.78, 5) is 18.3. The Morgan fingerprint density at radius 2 is 2.41 bits per heavy atom. The van der Waals surface area contributed by atoms with Gasteiger partial charge < -0.3 is 19.5 Å². The number of nitrogens with zero attached hydrogens (tertiary/aromatic N) is 3. The van der Waals surface area contributed by atoms with Gasteiger partial charge in [-0.15, -0.1) is 0 Å². The Hall–Kier alpha value is -1.56. The molecular weight excluding hydrogens is 280 g/mol. The van der Waals surface area contributed by atoms with E-state index in [-0.39, 0.29) is 12.1 Å². The van der Waals surface area contributed by atoms with Crippen LogP contribution in [-0.4, -0.2) is 52.8 Å². The standard InChI is InChI=1S/C16H28N4O2/c1-3-12-22-15-6-4-9-20(13-15)16(21)18-7-5-10-19-11-8-17-14(19)2/h8,11,15H,3-7,9-10,12-13H2,1-2H3,(H,18,21)/t15-/m0/s1. The van der Waals surface area contributed by atoms with E-state index in [0.717, 1.165) is 51.2 Å². The lowest BCUT2D eigenvalue weighted by molar-refractivity contribution is 0.0101. The Balaban J connectivity index is 1.65. The number of nitrogens with one attached hydrogen (secondary N) is 1. The second-order valence-electron chi connectivity index (χ2n) is 5.83. The Kier molecular flexibility index (Phi) is 6.71. The fourth-order valence-corrected chi connectivity index (χ4v) is 2.74. The summed E-state index contributed by atoms with van der Waals surface area (Å²) in [6, 6.07) is 0.0344. The van der Waals surface area contributed by atoms with Crippen LogP contribution in [0.4, 0.5) is 4.79 Å². The van der Waals surface area contributed by atoms with Crippen LogP contribution >= 0.6 is 0 Å². The first-order chi connectivity index (χ1) is 10.7. The van der Waals surface area contributed by atoms with E-state index in [1.165, 1.54) is 0 Å². The lowest BCUT2D eigenvalue weighted by Gasteiger charge is -2.32. The molecule has 6 heteroatoms. The zero-order valence-corrected chi connectivity index (χ0v) is 13.8. The molecule has 0 spiro atoms. The first kappa shape index (κ1) is 16.8. The van der Waals surface area contributed by atoms with Gasteiger partial charge in [0.1, 0.15) is 5.82 Å². The molecule has 2 heterocycles. The van der Waals surface area contributed by atoms with Crippen molar-refractivity contribution < 1.29 is 9.53 Å². The normalized spacial score (nSPS) is 18.5. The topological polar surface area (TPSA) is 59.4 Å². The third kappa shape index (κ3) is 5.02. The maximum absolute atomic E-state index is 12.2. The van der Waals surface area contributed by atoms with Gasteiger partial charge in [-0.25, -0.2) is 9.78 Å². The van der Waals surface area contributed by atoms with Gasteiger partial charge in [0, 0.05) is 45.2 Å². The molecule has 124 valence electrons. The van der Waals surface area contributed by atoms with Crippen LogP contribution < -0.4 is 5.32 Å². The third-order valence-electron chi connectivity index (χ3n) is 4.00. The maximum atomic E-state index is 12.2. The number of carbonyl (C=O) groups excluding carboxylic acids is 1. The number of ether oxygens (including phenoxy) is 1. The monoisotopic (exact) mass is 308 g/mol. The zero-order valence-electron chi connectivity index (χ0n) is 13.8.